The minimum absolute atomic E-state index is 0.00919. The highest BCUT2D eigenvalue weighted by Crippen LogP contribution is 2.34. The summed E-state index contributed by atoms with van der Waals surface area (Å²) in [6.07, 6.45) is 1.95. The van der Waals surface area contributed by atoms with Crippen LogP contribution in [0.5, 0.6) is 11.5 Å². The summed E-state index contributed by atoms with van der Waals surface area (Å²) in [5.74, 6) is 1.44. The van der Waals surface area contributed by atoms with Gasteiger partial charge in [-0.3, -0.25) is 9.69 Å². The van der Waals surface area contributed by atoms with Crippen molar-refractivity contribution < 1.29 is 24.1 Å². The van der Waals surface area contributed by atoms with Crippen LogP contribution in [0, 0.1) is 0 Å². The summed E-state index contributed by atoms with van der Waals surface area (Å²) in [5.41, 5.74) is 1.15. The van der Waals surface area contributed by atoms with Crippen molar-refractivity contribution in [3.63, 3.8) is 0 Å². The highest BCUT2D eigenvalue weighted by molar-refractivity contribution is 7.10. The summed E-state index contributed by atoms with van der Waals surface area (Å²) in [4.78, 5) is 18.6. The zero-order valence-corrected chi connectivity index (χ0v) is 21.1. The van der Waals surface area contributed by atoms with E-state index in [1.807, 2.05) is 47.9 Å². The lowest BCUT2D eigenvalue weighted by Gasteiger charge is -2.37. The molecule has 1 N–H and O–H groups in total. The van der Waals surface area contributed by atoms with E-state index < -0.39 is 6.10 Å². The largest absolute Gasteiger partial charge is 0.497 e. The van der Waals surface area contributed by atoms with Crippen LogP contribution < -0.4 is 9.47 Å². The Bertz CT molecular complexity index is 931. The molecule has 0 spiro atoms. The molecule has 2 aromatic rings. The Balaban J connectivity index is 1.69. The molecule has 1 amide bonds. The Morgan fingerprint density at radius 1 is 1.35 bits per heavy atom. The fraction of sp³-hybridized carbons (Fsp3) is 0.500. The predicted octanol–water partition coefficient (Wildman–Crippen LogP) is 3.54. The maximum absolute atomic E-state index is 13.4. The zero-order valence-electron chi connectivity index (χ0n) is 20.3. The van der Waals surface area contributed by atoms with E-state index in [9.17, 15) is 9.90 Å². The molecule has 0 bridgehead atoms. The topological polar surface area (TPSA) is 71.5 Å². The average Bonchev–Trinajstić information content (AvgIpc) is 3.30. The summed E-state index contributed by atoms with van der Waals surface area (Å²) < 4.78 is 16.9. The molecule has 1 aliphatic heterocycles. The number of rotatable bonds is 13. The Hall–Kier alpha value is -2.39. The van der Waals surface area contributed by atoms with Crippen LogP contribution in [-0.4, -0.2) is 79.5 Å². The van der Waals surface area contributed by atoms with Gasteiger partial charge in [-0.25, -0.2) is 0 Å². The summed E-state index contributed by atoms with van der Waals surface area (Å²) in [5, 5.41) is 12.4. The monoisotopic (exact) mass is 488 g/mol. The number of methoxy groups -OCH3 is 1. The van der Waals surface area contributed by atoms with E-state index in [4.69, 9.17) is 14.2 Å². The number of nitrogens with zero attached hydrogens (tertiary/aromatic N) is 2. The first-order chi connectivity index (χ1) is 16.4. The summed E-state index contributed by atoms with van der Waals surface area (Å²) >= 11 is 1.72. The van der Waals surface area contributed by atoms with E-state index >= 15 is 0 Å². The summed E-state index contributed by atoms with van der Waals surface area (Å²) in [7, 11) is 1.62. The van der Waals surface area contributed by atoms with Gasteiger partial charge < -0.3 is 24.2 Å². The van der Waals surface area contributed by atoms with Crippen molar-refractivity contribution in [3.8, 4) is 11.5 Å². The average molecular weight is 489 g/mol. The quantitative estimate of drug-likeness (QED) is 0.435. The number of thiophene rings is 1. The van der Waals surface area contributed by atoms with Gasteiger partial charge in [0.05, 0.1) is 38.5 Å². The molecule has 1 aromatic carbocycles. The molecule has 2 heterocycles. The highest BCUT2D eigenvalue weighted by Gasteiger charge is 2.33. The predicted molar refractivity (Wildman–Crippen MR) is 135 cm³/mol. The lowest BCUT2D eigenvalue weighted by atomic mass is 10.0. The molecule has 0 fully saturated rings. The molecule has 2 atom stereocenters. The van der Waals surface area contributed by atoms with E-state index in [1.54, 1.807) is 24.5 Å². The first-order valence-electron chi connectivity index (χ1n) is 11.7. The van der Waals surface area contributed by atoms with Crippen LogP contribution in [0.3, 0.4) is 0 Å². The Kier molecular flexibility index (Phi) is 9.95. The number of ether oxygens (including phenoxy) is 3. The van der Waals surface area contributed by atoms with E-state index in [0.29, 0.717) is 32.0 Å². The maximum atomic E-state index is 13.4. The number of carbonyl (C=O) groups excluding carboxylic acids is 1. The van der Waals surface area contributed by atoms with Crippen molar-refractivity contribution in [2.45, 2.75) is 38.5 Å². The lowest BCUT2D eigenvalue weighted by molar-refractivity contribution is -0.136. The fourth-order valence-electron chi connectivity index (χ4n) is 4.06. The Morgan fingerprint density at radius 3 is 2.88 bits per heavy atom. The number of amides is 1. The van der Waals surface area contributed by atoms with Crippen molar-refractivity contribution in [2.24, 2.45) is 0 Å². The lowest BCUT2D eigenvalue weighted by Crippen LogP contribution is -2.48. The molecule has 0 saturated carbocycles. The molecule has 1 aliphatic rings. The van der Waals surface area contributed by atoms with Gasteiger partial charge in [0.1, 0.15) is 18.1 Å². The van der Waals surface area contributed by atoms with Gasteiger partial charge in [0.2, 0.25) is 5.91 Å². The summed E-state index contributed by atoms with van der Waals surface area (Å²) in [6.45, 7) is 9.94. The normalized spacial score (nSPS) is 16.4. The highest BCUT2D eigenvalue weighted by atomic mass is 32.1. The molecule has 34 heavy (non-hydrogen) atoms. The second-order valence-electron chi connectivity index (χ2n) is 8.66. The number of hydrogen-bond acceptors (Lipinski definition) is 7. The second kappa shape index (κ2) is 12.9. The number of benzene rings is 1. The summed E-state index contributed by atoms with van der Waals surface area (Å²) in [6, 6.07) is 9.40. The molecule has 8 heteroatoms. The van der Waals surface area contributed by atoms with Gasteiger partial charge in [-0.1, -0.05) is 12.1 Å². The first kappa shape index (κ1) is 26.2. The SMILES string of the molecule is C=CCN(CC(=O)N1CCc2sccc2[C@H]1COc1cccc(OC)c1)C[C@@H](O)COC(C)C. The minimum Gasteiger partial charge on any atom is -0.497 e. The van der Waals surface area contributed by atoms with E-state index in [1.165, 1.54) is 4.88 Å². The van der Waals surface area contributed by atoms with Crippen LogP contribution >= 0.6 is 11.3 Å². The number of carbonyl (C=O) groups is 1. The van der Waals surface area contributed by atoms with Crippen molar-refractivity contribution >= 4 is 17.2 Å². The molecule has 1 aromatic heterocycles. The second-order valence-corrected chi connectivity index (χ2v) is 9.66. The van der Waals surface area contributed by atoms with Crippen molar-refractivity contribution in [1.82, 2.24) is 9.80 Å². The van der Waals surface area contributed by atoms with Gasteiger partial charge in [0.25, 0.3) is 0 Å². The van der Waals surface area contributed by atoms with E-state index in [0.717, 1.165) is 17.7 Å². The van der Waals surface area contributed by atoms with Gasteiger partial charge in [-0.05, 0) is 49.4 Å². The van der Waals surface area contributed by atoms with Gasteiger partial charge in [0.15, 0.2) is 0 Å². The van der Waals surface area contributed by atoms with Crippen molar-refractivity contribution in [1.29, 1.82) is 0 Å². The number of aliphatic hydroxyl groups is 1. The standard InChI is InChI=1S/C26H36N2O5S/c1-5-11-27(15-20(29)17-32-19(2)3)16-26(30)28-12-9-25-23(10-13-34-25)24(28)18-33-22-8-6-7-21(14-22)31-4/h5-8,10,13-14,19-20,24,29H,1,9,11-12,15-18H2,2-4H3/t20-,24-/m1/s1. The Labute approximate surface area is 206 Å². The van der Waals surface area contributed by atoms with Crippen LogP contribution in [0.1, 0.15) is 30.3 Å². The molecule has 0 unspecified atom stereocenters. The van der Waals surface area contributed by atoms with Crippen LogP contribution in [0.4, 0.5) is 0 Å². The molecule has 0 radical (unpaired) electrons. The third-order valence-corrected chi connectivity index (χ3v) is 6.70. The number of fused-ring (bicyclic) bond motifs is 1. The molecule has 186 valence electrons. The molecule has 3 rings (SSSR count). The molecular weight excluding hydrogens is 452 g/mol. The molecule has 0 saturated heterocycles. The van der Waals surface area contributed by atoms with Gasteiger partial charge in [-0.15, -0.1) is 17.9 Å². The van der Waals surface area contributed by atoms with E-state index in [-0.39, 0.29) is 31.2 Å². The van der Waals surface area contributed by atoms with Gasteiger partial charge in [-0.2, -0.15) is 0 Å². The first-order valence-corrected chi connectivity index (χ1v) is 12.5. The van der Waals surface area contributed by atoms with Crippen LogP contribution in [0.2, 0.25) is 0 Å². The van der Waals surface area contributed by atoms with Gasteiger partial charge >= 0.3 is 0 Å². The van der Waals surface area contributed by atoms with Crippen molar-refractivity contribution in [3.05, 3.63) is 58.8 Å². The third kappa shape index (κ3) is 7.30. The minimum atomic E-state index is -0.674. The third-order valence-electron chi connectivity index (χ3n) is 5.70. The van der Waals surface area contributed by atoms with Crippen LogP contribution in [-0.2, 0) is 16.0 Å². The molecule has 7 nitrogen and oxygen atoms in total. The van der Waals surface area contributed by atoms with Crippen LogP contribution in [0.25, 0.3) is 0 Å². The van der Waals surface area contributed by atoms with Crippen molar-refractivity contribution in [2.75, 3.05) is 46.5 Å². The van der Waals surface area contributed by atoms with Gasteiger partial charge in [0, 0.05) is 30.6 Å². The smallest absolute Gasteiger partial charge is 0.237 e. The van der Waals surface area contributed by atoms with E-state index in [2.05, 4.69) is 18.0 Å². The molecular formula is C26H36N2O5S. The van der Waals surface area contributed by atoms with Crippen LogP contribution in [0.15, 0.2) is 48.4 Å². The number of hydrogen-bond donors (Lipinski definition) is 1. The fourth-order valence-corrected chi connectivity index (χ4v) is 4.99. The Morgan fingerprint density at radius 2 is 2.15 bits per heavy atom. The number of aliphatic hydroxyl groups excluding tert-OH is 1. The maximum Gasteiger partial charge on any atom is 0.237 e. The molecule has 0 aliphatic carbocycles. The zero-order chi connectivity index (χ0) is 24.5.